The summed E-state index contributed by atoms with van der Waals surface area (Å²) in [6, 6.07) is 5.86. The van der Waals surface area contributed by atoms with Crippen LogP contribution < -0.4 is 10.1 Å². The van der Waals surface area contributed by atoms with Crippen molar-refractivity contribution in [3.63, 3.8) is 0 Å². The molecular formula is C25H27FN4O4. The molecule has 2 fully saturated rings. The Morgan fingerprint density at radius 1 is 1.18 bits per heavy atom. The van der Waals surface area contributed by atoms with Crippen LogP contribution in [0.25, 0.3) is 0 Å². The summed E-state index contributed by atoms with van der Waals surface area (Å²) in [5.41, 5.74) is 2.88. The largest absolute Gasteiger partial charge is 0.495 e. The maximum Gasteiger partial charge on any atom is 0.255 e. The molecule has 1 aromatic carbocycles. The predicted octanol–water partition coefficient (Wildman–Crippen LogP) is 2.37. The molecule has 8 nitrogen and oxygen atoms in total. The normalized spacial score (nSPS) is 21.5. The topological polar surface area (TPSA) is 91.8 Å². The lowest BCUT2D eigenvalue weighted by atomic mass is 9.85. The zero-order chi connectivity index (χ0) is 23.8. The van der Waals surface area contributed by atoms with Crippen molar-refractivity contribution in [1.29, 1.82) is 0 Å². The number of aromatic nitrogens is 1. The van der Waals surface area contributed by atoms with Crippen LogP contribution in [0, 0.1) is 5.82 Å². The van der Waals surface area contributed by atoms with E-state index in [-0.39, 0.29) is 37.1 Å². The van der Waals surface area contributed by atoms with Gasteiger partial charge in [0.15, 0.2) is 0 Å². The molecule has 2 aromatic rings. The monoisotopic (exact) mass is 466 g/mol. The van der Waals surface area contributed by atoms with Gasteiger partial charge < -0.3 is 9.64 Å². The highest BCUT2D eigenvalue weighted by Gasteiger charge is 2.41. The van der Waals surface area contributed by atoms with E-state index in [1.165, 1.54) is 11.0 Å². The van der Waals surface area contributed by atoms with Gasteiger partial charge in [0, 0.05) is 31.3 Å². The molecule has 3 aliphatic heterocycles. The number of carbonyl (C=O) groups is 3. The number of halogens is 1. The summed E-state index contributed by atoms with van der Waals surface area (Å²) in [4.78, 5) is 45.2. The third kappa shape index (κ3) is 4.16. The van der Waals surface area contributed by atoms with Gasteiger partial charge in [-0.3, -0.25) is 29.6 Å². The number of benzene rings is 1. The molecule has 1 unspecified atom stereocenters. The van der Waals surface area contributed by atoms with Crippen molar-refractivity contribution in [2.75, 3.05) is 20.2 Å². The SMILES string of the molecule is COc1cccnc1CN1CCC(c2cc(F)cc3c2CN(C2CCC(=O)NC2=O)C3=O)CC1. The summed E-state index contributed by atoms with van der Waals surface area (Å²) in [5.74, 6) is -0.678. The first-order valence-corrected chi connectivity index (χ1v) is 11.6. The maximum atomic E-state index is 14.6. The molecule has 0 aliphatic carbocycles. The van der Waals surface area contributed by atoms with Gasteiger partial charge in [-0.05, 0) is 73.7 Å². The molecule has 0 bridgehead atoms. The van der Waals surface area contributed by atoms with E-state index in [0.717, 1.165) is 48.5 Å². The Morgan fingerprint density at radius 3 is 2.71 bits per heavy atom. The van der Waals surface area contributed by atoms with Gasteiger partial charge in [0.25, 0.3) is 5.91 Å². The summed E-state index contributed by atoms with van der Waals surface area (Å²) in [7, 11) is 1.64. The zero-order valence-corrected chi connectivity index (χ0v) is 19.1. The first kappa shape index (κ1) is 22.5. The van der Waals surface area contributed by atoms with Crippen molar-refractivity contribution < 1.29 is 23.5 Å². The number of amides is 3. The third-order valence-corrected chi connectivity index (χ3v) is 7.12. The Balaban J connectivity index is 1.31. The van der Waals surface area contributed by atoms with Gasteiger partial charge in [-0.1, -0.05) is 0 Å². The van der Waals surface area contributed by atoms with Crippen LogP contribution in [0.15, 0.2) is 30.5 Å². The van der Waals surface area contributed by atoms with E-state index in [4.69, 9.17) is 4.74 Å². The average molecular weight is 467 g/mol. The van der Waals surface area contributed by atoms with Crippen molar-refractivity contribution in [2.24, 2.45) is 0 Å². The highest BCUT2D eigenvalue weighted by molar-refractivity contribution is 6.05. The number of hydrogen-bond acceptors (Lipinski definition) is 6. The molecule has 5 rings (SSSR count). The number of piperidine rings is 2. The molecule has 3 amide bonds. The van der Waals surface area contributed by atoms with Crippen molar-refractivity contribution in [1.82, 2.24) is 20.1 Å². The first-order chi connectivity index (χ1) is 16.4. The van der Waals surface area contributed by atoms with Gasteiger partial charge in [-0.25, -0.2) is 4.39 Å². The number of pyridine rings is 1. The quantitative estimate of drug-likeness (QED) is 0.681. The fraction of sp³-hybridized carbons (Fsp3) is 0.440. The van der Waals surface area contributed by atoms with Gasteiger partial charge in [-0.15, -0.1) is 0 Å². The van der Waals surface area contributed by atoms with Crippen molar-refractivity contribution in [3.05, 3.63) is 58.7 Å². The summed E-state index contributed by atoms with van der Waals surface area (Å²) in [5, 5.41) is 2.31. The highest BCUT2D eigenvalue weighted by Crippen LogP contribution is 2.38. The number of nitrogens with one attached hydrogen (secondary N) is 1. The second-order valence-electron chi connectivity index (χ2n) is 9.12. The predicted molar refractivity (Wildman–Crippen MR) is 120 cm³/mol. The van der Waals surface area contributed by atoms with Gasteiger partial charge in [0.2, 0.25) is 11.8 Å². The fourth-order valence-corrected chi connectivity index (χ4v) is 5.36. The molecule has 0 radical (unpaired) electrons. The second kappa shape index (κ2) is 9.13. The summed E-state index contributed by atoms with van der Waals surface area (Å²) < 4.78 is 20.0. The van der Waals surface area contributed by atoms with Crippen molar-refractivity contribution in [3.8, 4) is 5.75 Å². The Kier molecular flexibility index (Phi) is 6.03. The van der Waals surface area contributed by atoms with E-state index in [1.54, 1.807) is 19.4 Å². The van der Waals surface area contributed by atoms with E-state index < -0.39 is 17.8 Å². The molecule has 0 saturated carbocycles. The third-order valence-electron chi connectivity index (χ3n) is 7.12. The number of carbonyl (C=O) groups excluding carboxylic acids is 3. The minimum atomic E-state index is -0.705. The van der Waals surface area contributed by atoms with Crippen LogP contribution in [0.4, 0.5) is 4.39 Å². The van der Waals surface area contributed by atoms with Crippen LogP contribution in [-0.2, 0) is 22.7 Å². The first-order valence-electron chi connectivity index (χ1n) is 11.6. The molecule has 178 valence electrons. The molecule has 1 N–H and O–H groups in total. The van der Waals surface area contributed by atoms with Crippen molar-refractivity contribution in [2.45, 2.75) is 50.7 Å². The van der Waals surface area contributed by atoms with Crippen LogP contribution in [0.3, 0.4) is 0 Å². The number of imide groups is 1. The molecular weight excluding hydrogens is 439 g/mol. The van der Waals surface area contributed by atoms with Gasteiger partial charge in [0.1, 0.15) is 17.6 Å². The van der Waals surface area contributed by atoms with E-state index in [9.17, 15) is 18.8 Å². The summed E-state index contributed by atoms with van der Waals surface area (Å²) >= 11 is 0. The lowest BCUT2D eigenvalue weighted by Gasteiger charge is -2.33. The number of rotatable bonds is 5. The van der Waals surface area contributed by atoms with Crippen LogP contribution in [-0.4, -0.2) is 58.7 Å². The Morgan fingerprint density at radius 2 is 1.97 bits per heavy atom. The molecule has 0 spiro atoms. The summed E-state index contributed by atoms with van der Waals surface area (Å²) in [6.07, 6.45) is 3.90. The second-order valence-corrected chi connectivity index (χ2v) is 9.12. The molecule has 3 aliphatic rings. The van der Waals surface area contributed by atoms with Gasteiger partial charge >= 0.3 is 0 Å². The Labute approximate surface area is 197 Å². The van der Waals surface area contributed by atoms with E-state index in [2.05, 4.69) is 15.2 Å². The number of likely N-dealkylation sites (tertiary alicyclic amines) is 1. The fourth-order valence-electron chi connectivity index (χ4n) is 5.36. The molecule has 2 saturated heterocycles. The van der Waals surface area contributed by atoms with Crippen molar-refractivity contribution >= 4 is 17.7 Å². The summed E-state index contributed by atoms with van der Waals surface area (Å²) in [6.45, 7) is 2.59. The minimum absolute atomic E-state index is 0.126. The van der Waals surface area contributed by atoms with Gasteiger partial charge in [-0.2, -0.15) is 0 Å². The van der Waals surface area contributed by atoms with Crippen LogP contribution in [0.5, 0.6) is 5.75 Å². The molecule has 4 heterocycles. The average Bonchev–Trinajstić information content (AvgIpc) is 3.15. The van der Waals surface area contributed by atoms with Crippen LogP contribution in [0.1, 0.15) is 58.8 Å². The van der Waals surface area contributed by atoms with Crippen LogP contribution in [0.2, 0.25) is 0 Å². The molecule has 9 heteroatoms. The minimum Gasteiger partial charge on any atom is -0.495 e. The molecule has 1 atom stereocenters. The zero-order valence-electron chi connectivity index (χ0n) is 19.1. The Bertz CT molecular complexity index is 1150. The van der Waals surface area contributed by atoms with Crippen LogP contribution >= 0.6 is 0 Å². The molecule has 34 heavy (non-hydrogen) atoms. The van der Waals surface area contributed by atoms with E-state index >= 15 is 0 Å². The standard InChI is InChI=1S/C25H27FN4O4/c1-34-22-3-2-8-27-20(22)14-29-9-6-15(7-10-29)17-11-16(26)12-18-19(17)13-30(25(18)33)21-4-5-23(31)28-24(21)32/h2-3,8,11-12,15,21H,4-7,9-10,13-14H2,1H3,(H,28,31,32). The lowest BCUT2D eigenvalue weighted by molar-refractivity contribution is -0.136. The smallest absolute Gasteiger partial charge is 0.255 e. The highest BCUT2D eigenvalue weighted by atomic mass is 19.1. The number of ether oxygens (including phenoxy) is 1. The van der Waals surface area contributed by atoms with Gasteiger partial charge in [0.05, 0.1) is 12.8 Å². The van der Waals surface area contributed by atoms with E-state index in [1.807, 2.05) is 12.1 Å². The maximum absolute atomic E-state index is 14.6. The number of nitrogens with zero attached hydrogens (tertiary/aromatic N) is 3. The number of methoxy groups -OCH3 is 1. The molecule has 1 aromatic heterocycles. The number of fused-ring (bicyclic) bond motifs is 1. The van der Waals surface area contributed by atoms with E-state index in [0.29, 0.717) is 12.1 Å². The lowest BCUT2D eigenvalue weighted by Crippen LogP contribution is -2.52. The Hall–Kier alpha value is -3.33. The number of hydrogen-bond donors (Lipinski definition) is 1.